The van der Waals surface area contributed by atoms with Gasteiger partial charge in [-0.25, -0.2) is 10.3 Å². The summed E-state index contributed by atoms with van der Waals surface area (Å²) in [4.78, 5) is 23.5. The molecule has 0 radical (unpaired) electrons. The van der Waals surface area contributed by atoms with Gasteiger partial charge in [0.05, 0.1) is 6.61 Å². The molecular weight excluding hydrogens is 400 g/mol. The molecule has 0 aliphatic heterocycles. The van der Waals surface area contributed by atoms with Gasteiger partial charge in [0.25, 0.3) is 5.91 Å². The number of ether oxygens (including phenoxy) is 2. The van der Waals surface area contributed by atoms with Crippen molar-refractivity contribution in [2.75, 3.05) is 18.5 Å². The van der Waals surface area contributed by atoms with Crippen LogP contribution >= 0.6 is 0 Å². The molecule has 0 aliphatic carbocycles. The maximum Gasteiger partial charge on any atom is 0.412 e. The third kappa shape index (κ3) is 8.90. The molecule has 8 heteroatoms. The number of hydrogen-bond donors (Lipinski definition) is 4. The summed E-state index contributed by atoms with van der Waals surface area (Å²) in [5.74, 6) is -0.0300. The molecule has 2 aromatic carbocycles. The Morgan fingerprint density at radius 1 is 1.16 bits per heavy atom. The summed E-state index contributed by atoms with van der Waals surface area (Å²) in [6.07, 6.45) is 3.47. The Bertz CT molecular complexity index is 867. The highest BCUT2D eigenvalue weighted by atomic mass is 16.6. The number of hydrogen-bond acceptors (Lipinski definition) is 6. The molecule has 2 rings (SSSR count). The van der Waals surface area contributed by atoms with Crippen LogP contribution in [0, 0.1) is 6.92 Å². The largest absolute Gasteiger partial charge is 0.491 e. The van der Waals surface area contributed by atoms with E-state index in [1.54, 1.807) is 36.4 Å². The first-order chi connectivity index (χ1) is 15.0. The van der Waals surface area contributed by atoms with Crippen LogP contribution in [-0.4, -0.2) is 35.5 Å². The molecule has 4 N–H and O–H groups in total. The van der Waals surface area contributed by atoms with Crippen LogP contribution in [0.4, 0.5) is 10.5 Å². The van der Waals surface area contributed by atoms with Crippen molar-refractivity contribution in [1.29, 1.82) is 0 Å². The molecule has 0 spiro atoms. The number of hydroxylamine groups is 1. The molecule has 0 fully saturated rings. The second-order valence-corrected chi connectivity index (χ2v) is 6.84. The van der Waals surface area contributed by atoms with Crippen molar-refractivity contribution >= 4 is 17.7 Å². The SMILES string of the molecule is Cc1ccc(NC(=O)O[C@H](CCC/C=C/C(=O)NO)c2cccc(OCCO)c2)cc1. The van der Waals surface area contributed by atoms with Crippen molar-refractivity contribution in [2.24, 2.45) is 0 Å². The Balaban J connectivity index is 2.05. The first-order valence-corrected chi connectivity index (χ1v) is 10.0. The molecule has 0 heterocycles. The van der Waals surface area contributed by atoms with Crippen LogP contribution in [0.1, 0.15) is 36.5 Å². The zero-order chi connectivity index (χ0) is 22.5. The number of carbonyl (C=O) groups is 2. The van der Waals surface area contributed by atoms with Gasteiger partial charge in [0.1, 0.15) is 18.5 Å². The van der Waals surface area contributed by atoms with Crippen LogP contribution in [0.2, 0.25) is 0 Å². The number of benzene rings is 2. The third-order valence-corrected chi connectivity index (χ3v) is 4.35. The van der Waals surface area contributed by atoms with Crippen LogP contribution in [0.3, 0.4) is 0 Å². The van der Waals surface area contributed by atoms with Crippen molar-refractivity contribution < 1.29 is 29.4 Å². The van der Waals surface area contributed by atoms with Crippen molar-refractivity contribution in [3.63, 3.8) is 0 Å². The highest BCUT2D eigenvalue weighted by molar-refractivity contribution is 5.86. The molecule has 31 heavy (non-hydrogen) atoms. The van der Waals surface area contributed by atoms with Crippen LogP contribution in [0.15, 0.2) is 60.7 Å². The molecule has 1 atom stereocenters. The van der Waals surface area contributed by atoms with E-state index in [0.717, 1.165) is 11.1 Å². The molecule has 2 aromatic rings. The van der Waals surface area contributed by atoms with E-state index in [9.17, 15) is 9.59 Å². The topological polar surface area (TPSA) is 117 Å². The summed E-state index contributed by atoms with van der Waals surface area (Å²) in [6.45, 7) is 2.03. The zero-order valence-corrected chi connectivity index (χ0v) is 17.4. The van der Waals surface area contributed by atoms with Gasteiger partial charge < -0.3 is 14.6 Å². The molecular formula is C23H28N2O6. The van der Waals surface area contributed by atoms with Gasteiger partial charge in [-0.15, -0.1) is 0 Å². The van der Waals surface area contributed by atoms with Crippen LogP contribution in [-0.2, 0) is 9.53 Å². The number of aryl methyl sites for hydroxylation is 1. The van der Waals surface area contributed by atoms with E-state index in [-0.39, 0.29) is 13.2 Å². The Morgan fingerprint density at radius 3 is 2.65 bits per heavy atom. The maximum atomic E-state index is 12.5. The monoisotopic (exact) mass is 428 g/mol. The van der Waals surface area contributed by atoms with Crippen LogP contribution in [0.25, 0.3) is 0 Å². The number of aliphatic hydroxyl groups excluding tert-OH is 1. The minimum atomic E-state index is -0.598. The minimum absolute atomic E-state index is 0.100. The summed E-state index contributed by atoms with van der Waals surface area (Å²) in [5.41, 5.74) is 4.00. The predicted octanol–water partition coefficient (Wildman–Crippen LogP) is 3.89. The highest BCUT2D eigenvalue weighted by Crippen LogP contribution is 2.27. The van der Waals surface area contributed by atoms with Crippen molar-refractivity contribution in [1.82, 2.24) is 5.48 Å². The fourth-order valence-corrected chi connectivity index (χ4v) is 2.82. The van der Waals surface area contributed by atoms with Gasteiger partial charge in [-0.2, -0.15) is 0 Å². The number of unbranched alkanes of at least 4 members (excludes halogenated alkanes) is 1. The summed E-state index contributed by atoms with van der Waals surface area (Å²) < 4.78 is 11.1. The lowest BCUT2D eigenvalue weighted by atomic mass is 10.0. The summed E-state index contributed by atoms with van der Waals surface area (Å²) in [5, 5.41) is 20.2. The van der Waals surface area contributed by atoms with Gasteiger partial charge in [-0.3, -0.25) is 15.3 Å². The Kier molecular flexibility index (Phi) is 10.1. The first-order valence-electron chi connectivity index (χ1n) is 10.0. The molecule has 0 saturated heterocycles. The second-order valence-electron chi connectivity index (χ2n) is 6.84. The lowest BCUT2D eigenvalue weighted by Gasteiger charge is -2.19. The maximum absolute atomic E-state index is 12.5. The fraction of sp³-hybridized carbons (Fsp3) is 0.304. The molecule has 166 valence electrons. The molecule has 0 aliphatic rings. The van der Waals surface area contributed by atoms with E-state index >= 15 is 0 Å². The summed E-state index contributed by atoms with van der Waals surface area (Å²) in [7, 11) is 0. The Hall–Kier alpha value is -3.36. The third-order valence-electron chi connectivity index (χ3n) is 4.35. The first kappa shape index (κ1) is 23.9. The number of anilines is 1. The molecule has 8 nitrogen and oxygen atoms in total. The van der Waals surface area contributed by atoms with E-state index < -0.39 is 18.1 Å². The molecule has 0 saturated carbocycles. The average Bonchev–Trinajstić information content (AvgIpc) is 2.78. The van der Waals surface area contributed by atoms with E-state index in [2.05, 4.69) is 5.32 Å². The van der Waals surface area contributed by atoms with Gasteiger partial charge in [-0.05, 0) is 56.0 Å². The number of rotatable bonds is 11. The van der Waals surface area contributed by atoms with Gasteiger partial charge in [0.2, 0.25) is 0 Å². The highest BCUT2D eigenvalue weighted by Gasteiger charge is 2.17. The van der Waals surface area contributed by atoms with Gasteiger partial charge in [0, 0.05) is 11.8 Å². The van der Waals surface area contributed by atoms with E-state index in [0.29, 0.717) is 30.7 Å². The molecule has 2 amide bonds. The Labute approximate surface area is 181 Å². The van der Waals surface area contributed by atoms with Crippen molar-refractivity contribution in [2.45, 2.75) is 32.3 Å². The quantitative estimate of drug-likeness (QED) is 0.187. The van der Waals surface area contributed by atoms with Gasteiger partial charge >= 0.3 is 6.09 Å². The van der Waals surface area contributed by atoms with Crippen LogP contribution in [0.5, 0.6) is 5.75 Å². The van der Waals surface area contributed by atoms with Gasteiger partial charge in [0.15, 0.2) is 0 Å². The minimum Gasteiger partial charge on any atom is -0.491 e. The van der Waals surface area contributed by atoms with Gasteiger partial charge in [-0.1, -0.05) is 35.9 Å². The number of nitrogens with one attached hydrogen (secondary N) is 2. The zero-order valence-electron chi connectivity index (χ0n) is 17.4. The van der Waals surface area contributed by atoms with E-state index in [4.69, 9.17) is 19.8 Å². The Morgan fingerprint density at radius 2 is 1.94 bits per heavy atom. The fourth-order valence-electron chi connectivity index (χ4n) is 2.82. The number of amides is 2. The van der Waals surface area contributed by atoms with Crippen molar-refractivity contribution in [3.8, 4) is 5.75 Å². The van der Waals surface area contributed by atoms with E-state index in [1.165, 1.54) is 11.6 Å². The summed E-state index contributed by atoms with van der Waals surface area (Å²) in [6, 6.07) is 14.5. The average molecular weight is 428 g/mol. The summed E-state index contributed by atoms with van der Waals surface area (Å²) >= 11 is 0. The molecule has 0 aromatic heterocycles. The number of allylic oxidation sites excluding steroid dienone is 1. The van der Waals surface area contributed by atoms with E-state index in [1.807, 2.05) is 25.1 Å². The normalized spacial score (nSPS) is 11.7. The van der Waals surface area contributed by atoms with Crippen LogP contribution < -0.4 is 15.5 Å². The lowest BCUT2D eigenvalue weighted by molar-refractivity contribution is -0.124. The standard InChI is InChI=1S/C23H28N2O6/c1-17-10-12-19(13-11-17)24-23(28)31-21(8-3-2-4-9-22(27)25-29)18-6-5-7-20(16-18)30-15-14-26/h4-7,9-13,16,21,26,29H,2-3,8,14-15H2,1H3,(H,24,28)(H,25,27)/b9-4+/t21-/m1/s1. The number of carbonyl (C=O) groups excluding carboxylic acids is 2. The van der Waals surface area contributed by atoms with Crippen molar-refractivity contribution in [3.05, 3.63) is 71.8 Å². The predicted molar refractivity (Wildman–Crippen MR) is 116 cm³/mol. The molecule has 0 bridgehead atoms. The lowest BCUT2D eigenvalue weighted by Crippen LogP contribution is -2.18. The second kappa shape index (κ2) is 13.0. The number of aliphatic hydroxyl groups is 1. The molecule has 0 unspecified atom stereocenters. The smallest absolute Gasteiger partial charge is 0.412 e.